The average molecular weight is 388 g/mol. The summed E-state index contributed by atoms with van der Waals surface area (Å²) < 4.78 is 26.5. The topological polar surface area (TPSA) is 86.7 Å². The number of rotatable bonds is 7. The largest absolute Gasteiger partial charge is 0.388 e. The van der Waals surface area contributed by atoms with Gasteiger partial charge in [0.15, 0.2) is 0 Å². The van der Waals surface area contributed by atoms with E-state index in [2.05, 4.69) is 5.32 Å². The van der Waals surface area contributed by atoms with Gasteiger partial charge in [-0.15, -0.1) is 0 Å². The summed E-state index contributed by atoms with van der Waals surface area (Å²) in [6.45, 7) is 1.42. The number of sulfonamides is 1. The highest BCUT2D eigenvalue weighted by Gasteiger charge is 2.27. The number of carbonyl (C=O) groups excluding carboxylic acids is 1. The summed E-state index contributed by atoms with van der Waals surface area (Å²) in [6.07, 6.45) is 1.53. The van der Waals surface area contributed by atoms with Crippen LogP contribution in [0.3, 0.4) is 0 Å². The first-order valence-corrected chi connectivity index (χ1v) is 10.5. The maximum atomic E-state index is 12.5. The fourth-order valence-corrected chi connectivity index (χ4v) is 4.64. The molecular weight excluding hydrogens is 364 g/mol. The molecule has 6 nitrogen and oxygen atoms in total. The zero-order valence-electron chi connectivity index (χ0n) is 15.0. The molecule has 0 spiro atoms. The molecule has 1 amide bonds. The van der Waals surface area contributed by atoms with Crippen molar-refractivity contribution in [2.75, 3.05) is 19.6 Å². The summed E-state index contributed by atoms with van der Waals surface area (Å²) in [4.78, 5) is 12.4. The van der Waals surface area contributed by atoms with Gasteiger partial charge in [-0.2, -0.15) is 4.31 Å². The fourth-order valence-electron chi connectivity index (χ4n) is 3.12. The van der Waals surface area contributed by atoms with Crippen molar-refractivity contribution in [2.45, 2.75) is 30.3 Å². The predicted molar refractivity (Wildman–Crippen MR) is 103 cm³/mol. The molecule has 1 aliphatic rings. The molecule has 0 aromatic heterocycles. The van der Waals surface area contributed by atoms with Gasteiger partial charge in [-0.3, -0.25) is 4.79 Å². The second-order valence-corrected chi connectivity index (χ2v) is 8.54. The second-order valence-electron chi connectivity index (χ2n) is 6.61. The third-order valence-electron chi connectivity index (χ3n) is 4.71. The number of hydrogen-bond acceptors (Lipinski definition) is 4. The lowest BCUT2D eigenvalue weighted by atomic mass is 10.1. The zero-order valence-corrected chi connectivity index (χ0v) is 15.9. The van der Waals surface area contributed by atoms with E-state index in [1.54, 1.807) is 0 Å². The Labute approximate surface area is 159 Å². The van der Waals surface area contributed by atoms with Gasteiger partial charge >= 0.3 is 0 Å². The van der Waals surface area contributed by atoms with Crippen LogP contribution in [0.4, 0.5) is 0 Å². The molecule has 0 bridgehead atoms. The fraction of sp³-hybridized carbons (Fsp3) is 0.350. The summed E-state index contributed by atoms with van der Waals surface area (Å²) in [7, 11) is -3.47. The van der Waals surface area contributed by atoms with Crippen molar-refractivity contribution in [2.24, 2.45) is 0 Å². The third kappa shape index (κ3) is 4.74. The van der Waals surface area contributed by atoms with Crippen molar-refractivity contribution in [3.05, 3.63) is 65.7 Å². The lowest BCUT2D eigenvalue weighted by molar-refractivity contribution is 0.0942. The van der Waals surface area contributed by atoms with Crippen molar-refractivity contribution in [1.82, 2.24) is 9.62 Å². The Morgan fingerprint density at radius 3 is 2.30 bits per heavy atom. The number of amides is 1. The Morgan fingerprint density at radius 1 is 1.04 bits per heavy atom. The molecule has 1 saturated heterocycles. The number of carbonyl (C=O) groups is 1. The van der Waals surface area contributed by atoms with Crippen LogP contribution in [0.1, 0.15) is 41.3 Å². The molecule has 1 unspecified atom stereocenters. The lowest BCUT2D eigenvalue weighted by Crippen LogP contribution is -2.28. The van der Waals surface area contributed by atoms with Crippen molar-refractivity contribution in [3.63, 3.8) is 0 Å². The van der Waals surface area contributed by atoms with Gasteiger partial charge in [0, 0.05) is 25.2 Å². The van der Waals surface area contributed by atoms with Crippen LogP contribution in [0.25, 0.3) is 0 Å². The van der Waals surface area contributed by atoms with E-state index in [9.17, 15) is 18.3 Å². The molecule has 2 aromatic rings. The van der Waals surface area contributed by atoms with Crippen molar-refractivity contribution in [3.8, 4) is 0 Å². The van der Waals surface area contributed by atoms with Crippen LogP contribution >= 0.6 is 0 Å². The molecule has 1 fully saturated rings. The minimum Gasteiger partial charge on any atom is -0.388 e. The molecule has 7 heteroatoms. The maximum Gasteiger partial charge on any atom is 0.251 e. The van der Waals surface area contributed by atoms with E-state index in [4.69, 9.17) is 0 Å². The molecule has 27 heavy (non-hydrogen) atoms. The molecule has 0 radical (unpaired) electrons. The minimum atomic E-state index is -3.47. The molecule has 1 heterocycles. The van der Waals surface area contributed by atoms with Gasteiger partial charge < -0.3 is 10.4 Å². The normalized spacial score (nSPS) is 16.2. The molecular formula is C20H24N2O4S. The van der Waals surface area contributed by atoms with E-state index >= 15 is 0 Å². The predicted octanol–water partition coefficient (Wildman–Crippen LogP) is 2.32. The van der Waals surface area contributed by atoms with Crippen LogP contribution in [0, 0.1) is 0 Å². The number of nitrogens with one attached hydrogen (secondary N) is 1. The second kappa shape index (κ2) is 8.65. The number of aliphatic hydroxyl groups excluding tert-OH is 1. The monoisotopic (exact) mass is 388 g/mol. The van der Waals surface area contributed by atoms with Crippen LogP contribution in [-0.2, 0) is 10.0 Å². The van der Waals surface area contributed by atoms with Crippen molar-refractivity contribution in [1.29, 1.82) is 0 Å². The van der Waals surface area contributed by atoms with Gasteiger partial charge in [0.1, 0.15) is 0 Å². The SMILES string of the molecule is O=C(NCCC(O)c1ccccc1)c1ccc(S(=O)(=O)N2CCCC2)cc1. The van der Waals surface area contributed by atoms with Crippen LogP contribution in [0.5, 0.6) is 0 Å². The molecule has 2 aromatic carbocycles. The first-order valence-electron chi connectivity index (χ1n) is 9.10. The number of hydrogen-bond donors (Lipinski definition) is 2. The first-order chi connectivity index (χ1) is 13.0. The first kappa shape index (κ1) is 19.5. The highest BCUT2D eigenvalue weighted by molar-refractivity contribution is 7.89. The van der Waals surface area contributed by atoms with E-state index in [1.165, 1.54) is 28.6 Å². The van der Waals surface area contributed by atoms with E-state index < -0.39 is 16.1 Å². The number of aliphatic hydroxyl groups is 1. The van der Waals surface area contributed by atoms with Gasteiger partial charge in [-0.25, -0.2) is 8.42 Å². The molecule has 144 valence electrons. The Kier molecular flexibility index (Phi) is 6.26. The standard InChI is InChI=1S/C20H24N2O4S/c23-19(16-6-2-1-3-7-16)12-13-21-20(24)17-8-10-18(11-9-17)27(25,26)22-14-4-5-15-22/h1-3,6-11,19,23H,4-5,12-15H2,(H,21,24). The van der Waals surface area contributed by atoms with E-state index in [-0.39, 0.29) is 10.8 Å². The average Bonchev–Trinajstić information content (AvgIpc) is 3.24. The van der Waals surface area contributed by atoms with Gasteiger partial charge in [-0.05, 0) is 49.1 Å². The Bertz CT molecular complexity index is 861. The van der Waals surface area contributed by atoms with Crippen LogP contribution in [0.15, 0.2) is 59.5 Å². The Balaban J connectivity index is 1.54. The Morgan fingerprint density at radius 2 is 1.67 bits per heavy atom. The minimum absolute atomic E-state index is 0.209. The maximum absolute atomic E-state index is 12.5. The van der Waals surface area contributed by atoms with Crippen LogP contribution in [0.2, 0.25) is 0 Å². The quantitative estimate of drug-likeness (QED) is 0.762. The van der Waals surface area contributed by atoms with Crippen molar-refractivity contribution >= 4 is 15.9 Å². The Hall–Kier alpha value is -2.22. The van der Waals surface area contributed by atoms with E-state index in [1.807, 2.05) is 30.3 Å². The van der Waals surface area contributed by atoms with Gasteiger partial charge in [0.25, 0.3) is 5.91 Å². The van der Waals surface area contributed by atoms with Gasteiger partial charge in [-0.1, -0.05) is 30.3 Å². The number of nitrogens with zero attached hydrogens (tertiary/aromatic N) is 1. The summed E-state index contributed by atoms with van der Waals surface area (Å²) in [5.41, 5.74) is 1.20. The molecule has 0 aliphatic carbocycles. The molecule has 0 saturated carbocycles. The number of benzene rings is 2. The molecule has 1 atom stereocenters. The molecule has 2 N–H and O–H groups in total. The van der Waals surface area contributed by atoms with Crippen LogP contribution in [-0.4, -0.2) is 43.4 Å². The van der Waals surface area contributed by atoms with Gasteiger partial charge in [0.2, 0.25) is 10.0 Å². The third-order valence-corrected chi connectivity index (χ3v) is 6.62. The van der Waals surface area contributed by atoms with Crippen molar-refractivity contribution < 1.29 is 18.3 Å². The zero-order chi connectivity index (χ0) is 19.3. The summed E-state index contributed by atoms with van der Waals surface area (Å²) in [6, 6.07) is 15.3. The summed E-state index contributed by atoms with van der Waals surface area (Å²) in [5.74, 6) is -0.291. The highest BCUT2D eigenvalue weighted by Crippen LogP contribution is 2.21. The summed E-state index contributed by atoms with van der Waals surface area (Å²) in [5, 5.41) is 12.9. The smallest absolute Gasteiger partial charge is 0.251 e. The van der Waals surface area contributed by atoms with E-state index in [0.29, 0.717) is 31.6 Å². The molecule has 1 aliphatic heterocycles. The highest BCUT2D eigenvalue weighted by atomic mass is 32.2. The van der Waals surface area contributed by atoms with Crippen LogP contribution < -0.4 is 5.32 Å². The van der Waals surface area contributed by atoms with Gasteiger partial charge in [0.05, 0.1) is 11.0 Å². The summed E-state index contributed by atoms with van der Waals surface area (Å²) >= 11 is 0. The lowest BCUT2D eigenvalue weighted by Gasteiger charge is -2.15. The molecule has 3 rings (SSSR count). The van der Waals surface area contributed by atoms with E-state index in [0.717, 1.165) is 18.4 Å².